The zero-order valence-corrected chi connectivity index (χ0v) is 24.5. The van der Waals surface area contributed by atoms with E-state index in [1.807, 2.05) is 43.1 Å². The highest BCUT2D eigenvalue weighted by molar-refractivity contribution is 6.04. The number of hydrogen-bond acceptors (Lipinski definition) is 7. The van der Waals surface area contributed by atoms with Crippen LogP contribution in [0.25, 0.3) is 0 Å². The summed E-state index contributed by atoms with van der Waals surface area (Å²) >= 11 is 0. The maximum Gasteiger partial charge on any atom is 0.387 e. The summed E-state index contributed by atoms with van der Waals surface area (Å²) in [4.78, 5) is 33.9. The molecule has 1 aliphatic carbocycles. The van der Waals surface area contributed by atoms with Crippen molar-refractivity contribution < 1.29 is 32.6 Å². The van der Waals surface area contributed by atoms with Crippen molar-refractivity contribution in [2.75, 3.05) is 32.1 Å². The Hall–Kier alpha value is -3.76. The molecule has 2 atom stereocenters. The number of carbonyl (C=O) groups excluding carboxylic acids is 2. The molecule has 0 spiro atoms. The lowest BCUT2D eigenvalue weighted by atomic mass is 9.96. The first-order chi connectivity index (χ1) is 19.7. The van der Waals surface area contributed by atoms with Crippen LogP contribution < -0.4 is 19.1 Å². The smallest absolute Gasteiger partial charge is 0.387 e. The van der Waals surface area contributed by atoms with Crippen LogP contribution in [0.15, 0.2) is 60.7 Å². The lowest BCUT2D eigenvalue weighted by Crippen LogP contribution is -2.36. The van der Waals surface area contributed by atoms with Crippen molar-refractivity contribution in [1.29, 1.82) is 0 Å². The van der Waals surface area contributed by atoms with Crippen LogP contribution in [0.3, 0.4) is 0 Å². The van der Waals surface area contributed by atoms with Crippen molar-refractivity contribution in [2.45, 2.75) is 44.8 Å². The molecule has 1 aromatic heterocycles. The monoisotopic (exact) mass is 601 g/mol. The fraction of sp³-hybridized carbons (Fsp3) is 0.387. The van der Waals surface area contributed by atoms with Gasteiger partial charge in [0.15, 0.2) is 11.5 Å². The van der Waals surface area contributed by atoms with E-state index in [1.165, 1.54) is 17.0 Å². The number of esters is 1. The minimum Gasteiger partial charge on any atom is -0.489 e. The summed E-state index contributed by atoms with van der Waals surface area (Å²) in [6.07, 6.45) is 2.59. The van der Waals surface area contributed by atoms with E-state index in [2.05, 4.69) is 9.72 Å². The molecule has 1 saturated heterocycles. The lowest BCUT2D eigenvalue weighted by molar-refractivity contribution is -0.139. The Labute approximate surface area is 250 Å². The Kier molecular flexibility index (Phi) is 10.0. The molecule has 42 heavy (non-hydrogen) atoms. The number of aromatic nitrogens is 1. The van der Waals surface area contributed by atoms with Crippen molar-refractivity contribution in [1.82, 2.24) is 9.88 Å². The molecule has 8 nitrogen and oxygen atoms in total. The standard InChI is InChI=1S/C31H33F2N3O5.ClH/c1-19-7-12-23(13-8-19)36(3)29(37)24-5-4-6-28(34-24)41-30(38)25-15-22(17-35(25)2)21-11-14-26(40-31(32)33)27(16-21)39-18-20-9-10-20;/h4-8,11-14,16,20,22,25,31H,9-10,15,17-18H2,1-3H3;1H/t22?,25-;/m1./s1. The molecule has 224 valence electrons. The van der Waals surface area contributed by atoms with E-state index in [1.54, 1.807) is 31.3 Å². The number of benzene rings is 2. The number of ether oxygens (including phenoxy) is 3. The van der Waals surface area contributed by atoms with Crippen LogP contribution in [0.1, 0.15) is 46.8 Å². The number of carbonyl (C=O) groups is 2. The fourth-order valence-electron chi connectivity index (χ4n) is 4.91. The second-order valence-electron chi connectivity index (χ2n) is 10.7. The Morgan fingerprint density at radius 1 is 1.07 bits per heavy atom. The molecule has 2 aromatic carbocycles. The van der Waals surface area contributed by atoms with Gasteiger partial charge in [-0.3, -0.25) is 9.69 Å². The summed E-state index contributed by atoms with van der Waals surface area (Å²) in [7, 11) is 3.49. The lowest BCUT2D eigenvalue weighted by Gasteiger charge is -2.18. The summed E-state index contributed by atoms with van der Waals surface area (Å²) in [5, 5.41) is 0. The minimum absolute atomic E-state index is 0. The molecule has 1 amide bonds. The van der Waals surface area contributed by atoms with Crippen LogP contribution in [0.4, 0.5) is 14.5 Å². The van der Waals surface area contributed by atoms with Gasteiger partial charge in [-0.2, -0.15) is 8.78 Å². The van der Waals surface area contributed by atoms with E-state index in [0.29, 0.717) is 25.5 Å². The number of hydrogen-bond donors (Lipinski definition) is 0. The van der Waals surface area contributed by atoms with Crippen LogP contribution in [0.2, 0.25) is 0 Å². The van der Waals surface area contributed by atoms with Gasteiger partial charge in [-0.25, -0.2) is 9.78 Å². The van der Waals surface area contributed by atoms with Crippen LogP contribution in [-0.2, 0) is 4.79 Å². The Morgan fingerprint density at radius 2 is 1.81 bits per heavy atom. The van der Waals surface area contributed by atoms with Gasteiger partial charge in [-0.1, -0.05) is 29.8 Å². The van der Waals surface area contributed by atoms with Crippen LogP contribution in [-0.4, -0.2) is 61.7 Å². The molecule has 2 aliphatic rings. The Balaban J connectivity index is 0.00000405. The SMILES string of the molecule is Cc1ccc(N(C)C(=O)c2cccc(OC(=O)[C@H]3CC(c4ccc(OC(F)F)c(OCC5CC5)c4)CN3C)n2)cc1.Cl. The minimum atomic E-state index is -2.95. The molecular formula is C31H34ClF2N3O5. The molecule has 2 heterocycles. The van der Waals surface area contributed by atoms with Crippen molar-refractivity contribution in [3.8, 4) is 17.4 Å². The van der Waals surface area contributed by atoms with Crippen molar-refractivity contribution in [3.05, 3.63) is 77.5 Å². The molecule has 0 radical (unpaired) electrons. The number of likely N-dealkylation sites (tertiary alicyclic amines) is 1. The predicted molar refractivity (Wildman–Crippen MR) is 156 cm³/mol. The van der Waals surface area contributed by atoms with Crippen molar-refractivity contribution in [3.63, 3.8) is 0 Å². The van der Waals surface area contributed by atoms with Crippen molar-refractivity contribution in [2.24, 2.45) is 5.92 Å². The van der Waals surface area contributed by atoms with Crippen LogP contribution in [0.5, 0.6) is 17.4 Å². The van der Waals surface area contributed by atoms with Gasteiger partial charge >= 0.3 is 12.6 Å². The van der Waals surface area contributed by atoms with Crippen molar-refractivity contribution >= 4 is 30.0 Å². The normalized spacial score (nSPS) is 18.3. The molecule has 3 aromatic rings. The Morgan fingerprint density at radius 3 is 2.50 bits per heavy atom. The maximum absolute atomic E-state index is 13.2. The molecule has 0 bridgehead atoms. The van der Waals surface area contributed by atoms with E-state index < -0.39 is 18.6 Å². The highest BCUT2D eigenvalue weighted by atomic mass is 35.5. The molecule has 11 heteroatoms. The summed E-state index contributed by atoms with van der Waals surface area (Å²) in [6, 6.07) is 16.7. The van der Waals surface area contributed by atoms with Crippen LogP contribution >= 0.6 is 12.4 Å². The second-order valence-corrected chi connectivity index (χ2v) is 10.7. The molecule has 1 aliphatic heterocycles. The highest BCUT2D eigenvalue weighted by Crippen LogP contribution is 2.38. The van der Waals surface area contributed by atoms with Gasteiger partial charge in [-0.15, -0.1) is 12.4 Å². The third-order valence-electron chi connectivity index (χ3n) is 7.52. The molecule has 1 saturated carbocycles. The summed E-state index contributed by atoms with van der Waals surface area (Å²) < 4.78 is 41.9. The average Bonchev–Trinajstić information content (AvgIpc) is 3.70. The summed E-state index contributed by atoms with van der Waals surface area (Å²) in [5.74, 6) is -0.0968. The van der Waals surface area contributed by atoms with Gasteiger partial charge in [0.25, 0.3) is 5.91 Å². The quantitative estimate of drug-likeness (QED) is 0.269. The molecule has 2 fully saturated rings. The summed E-state index contributed by atoms with van der Waals surface area (Å²) in [6.45, 7) is 0.0340. The first-order valence-corrected chi connectivity index (χ1v) is 13.6. The van der Waals surface area contributed by atoms with Gasteiger partial charge in [0.2, 0.25) is 5.88 Å². The predicted octanol–water partition coefficient (Wildman–Crippen LogP) is 5.87. The van der Waals surface area contributed by atoms with Gasteiger partial charge < -0.3 is 19.1 Å². The van der Waals surface area contributed by atoms with E-state index in [0.717, 1.165) is 29.7 Å². The van der Waals surface area contributed by atoms with Gasteiger partial charge in [0.05, 0.1) is 6.61 Å². The maximum atomic E-state index is 13.2. The molecular weight excluding hydrogens is 568 g/mol. The highest BCUT2D eigenvalue weighted by Gasteiger charge is 2.37. The van der Waals surface area contributed by atoms with Gasteiger partial charge in [0.1, 0.15) is 11.7 Å². The average molecular weight is 602 g/mol. The number of nitrogens with zero attached hydrogens (tertiary/aromatic N) is 3. The number of likely N-dealkylation sites (N-methyl/N-ethyl adjacent to an activating group) is 1. The molecule has 1 unspecified atom stereocenters. The second kappa shape index (κ2) is 13.5. The first kappa shape index (κ1) is 31.2. The number of rotatable bonds is 10. The van der Waals surface area contributed by atoms with Crippen LogP contribution in [0, 0.1) is 12.8 Å². The number of aryl methyl sites for hydroxylation is 1. The fourth-order valence-corrected chi connectivity index (χ4v) is 4.91. The summed E-state index contributed by atoms with van der Waals surface area (Å²) in [5.41, 5.74) is 2.82. The zero-order valence-electron chi connectivity index (χ0n) is 23.7. The van der Waals surface area contributed by atoms with E-state index >= 15 is 0 Å². The number of pyridine rings is 1. The zero-order chi connectivity index (χ0) is 29.1. The first-order valence-electron chi connectivity index (χ1n) is 13.6. The molecule has 5 rings (SSSR count). The number of anilines is 1. The van der Waals surface area contributed by atoms with E-state index in [-0.39, 0.29) is 47.3 Å². The number of amides is 1. The molecule has 0 N–H and O–H groups in total. The number of halogens is 3. The third-order valence-corrected chi connectivity index (χ3v) is 7.52. The Bertz CT molecular complexity index is 1400. The van der Waals surface area contributed by atoms with Gasteiger partial charge in [-0.05, 0) is 81.0 Å². The largest absolute Gasteiger partial charge is 0.489 e. The van der Waals surface area contributed by atoms with E-state index in [4.69, 9.17) is 9.47 Å². The van der Waals surface area contributed by atoms with Gasteiger partial charge in [0, 0.05) is 25.3 Å². The van der Waals surface area contributed by atoms with E-state index in [9.17, 15) is 18.4 Å². The third kappa shape index (κ3) is 7.54. The topological polar surface area (TPSA) is 81.2 Å². The number of alkyl halides is 2.